The summed E-state index contributed by atoms with van der Waals surface area (Å²) >= 11 is 4.79. The van der Waals surface area contributed by atoms with E-state index in [9.17, 15) is 5.11 Å². The zero-order valence-electron chi connectivity index (χ0n) is 5.66. The van der Waals surface area contributed by atoms with Crippen molar-refractivity contribution in [2.75, 3.05) is 6.54 Å². The normalized spacial score (nSPS) is 12.3. The lowest BCUT2D eigenvalue weighted by atomic mass is 10.3. The highest BCUT2D eigenvalue weighted by Crippen LogP contribution is 2.24. The third-order valence-corrected chi connectivity index (χ3v) is 2.93. The van der Waals surface area contributed by atoms with Gasteiger partial charge in [0.25, 0.3) is 0 Å². The number of halogens is 2. The summed E-state index contributed by atoms with van der Waals surface area (Å²) in [4.78, 5) is 0.911. The van der Waals surface area contributed by atoms with Crippen LogP contribution in [-0.2, 0) is 0 Å². The van der Waals surface area contributed by atoms with Crippen molar-refractivity contribution in [1.29, 1.82) is 0 Å². The van der Waals surface area contributed by atoms with Crippen molar-refractivity contribution in [3.05, 3.63) is 20.8 Å². The van der Waals surface area contributed by atoms with Gasteiger partial charge in [-0.2, -0.15) is 0 Å². The van der Waals surface area contributed by atoms with Crippen LogP contribution in [0.3, 0.4) is 0 Å². The van der Waals surface area contributed by atoms with E-state index < -0.39 is 6.10 Å². The molecule has 0 aliphatic rings. The lowest BCUT2D eigenvalue weighted by Crippen LogP contribution is -2.09. The molecule has 3 N–H and O–H groups in total. The third kappa shape index (κ3) is 3.09. The fourth-order valence-electron chi connectivity index (χ4n) is 0.619. The number of hydrogen-bond acceptors (Lipinski definition) is 3. The lowest BCUT2D eigenvalue weighted by molar-refractivity contribution is 0.190. The van der Waals surface area contributed by atoms with Crippen LogP contribution in [0.4, 0.5) is 0 Å². The van der Waals surface area contributed by atoms with Gasteiger partial charge in [-0.15, -0.1) is 23.7 Å². The van der Waals surface area contributed by atoms with Crippen LogP contribution in [0.1, 0.15) is 11.0 Å². The summed E-state index contributed by atoms with van der Waals surface area (Å²) in [6, 6.07) is 1.88. The predicted molar refractivity (Wildman–Crippen MR) is 53.3 cm³/mol. The first kappa shape index (κ1) is 11.4. The van der Waals surface area contributed by atoms with Crippen LogP contribution < -0.4 is 5.73 Å². The summed E-state index contributed by atoms with van der Waals surface area (Å²) < 4.78 is 1.00. The average Bonchev–Trinajstić information content (AvgIpc) is 2.34. The molecule has 0 fully saturated rings. The molecule has 0 radical (unpaired) electrons. The number of thiophene rings is 1. The Hall–Kier alpha value is 0.390. The molecule has 0 saturated carbocycles. The molecular formula is C6H9BrClNOS. The molecule has 1 rings (SSSR count). The van der Waals surface area contributed by atoms with E-state index in [2.05, 4.69) is 15.9 Å². The number of aliphatic hydroxyl groups excluding tert-OH is 1. The minimum Gasteiger partial charge on any atom is -0.386 e. The zero-order chi connectivity index (χ0) is 7.56. The number of nitrogens with two attached hydrogens (primary N) is 1. The molecule has 1 atom stereocenters. The van der Waals surface area contributed by atoms with Gasteiger partial charge < -0.3 is 10.8 Å². The molecule has 1 heterocycles. The first-order valence-electron chi connectivity index (χ1n) is 2.86. The van der Waals surface area contributed by atoms with E-state index in [0.717, 1.165) is 9.35 Å². The molecule has 0 aliphatic carbocycles. The number of rotatable bonds is 2. The Morgan fingerprint density at radius 1 is 1.73 bits per heavy atom. The minimum absolute atomic E-state index is 0. The standard InChI is InChI=1S/C6H8BrNOS.ClH/c7-4-1-6(10-3-4)5(9)2-8;/h1,3,5,9H,2,8H2;1H. The largest absolute Gasteiger partial charge is 0.386 e. The first-order chi connectivity index (χ1) is 4.74. The summed E-state index contributed by atoms with van der Waals surface area (Å²) in [5.74, 6) is 0. The number of hydrogen-bond donors (Lipinski definition) is 2. The van der Waals surface area contributed by atoms with E-state index in [4.69, 9.17) is 5.73 Å². The summed E-state index contributed by atoms with van der Waals surface area (Å²) in [7, 11) is 0. The van der Waals surface area contributed by atoms with Crippen molar-refractivity contribution in [1.82, 2.24) is 0 Å². The average molecular weight is 259 g/mol. The van der Waals surface area contributed by atoms with E-state index in [1.807, 2.05) is 11.4 Å². The highest BCUT2D eigenvalue weighted by atomic mass is 79.9. The van der Waals surface area contributed by atoms with Gasteiger partial charge in [0.1, 0.15) is 6.10 Å². The maximum atomic E-state index is 9.21. The Morgan fingerprint density at radius 3 is 2.73 bits per heavy atom. The maximum absolute atomic E-state index is 9.21. The van der Waals surface area contributed by atoms with E-state index in [1.54, 1.807) is 0 Å². The molecule has 0 amide bonds. The molecule has 0 aliphatic heterocycles. The molecular weight excluding hydrogens is 249 g/mol. The molecule has 0 aromatic carbocycles. The van der Waals surface area contributed by atoms with Crippen LogP contribution in [0.2, 0.25) is 0 Å². The minimum atomic E-state index is -0.503. The van der Waals surface area contributed by atoms with Gasteiger partial charge in [-0.3, -0.25) is 0 Å². The molecule has 1 aromatic rings. The van der Waals surface area contributed by atoms with Crippen LogP contribution in [0.25, 0.3) is 0 Å². The van der Waals surface area contributed by atoms with Crippen molar-refractivity contribution in [3.8, 4) is 0 Å². The van der Waals surface area contributed by atoms with E-state index in [1.165, 1.54) is 11.3 Å². The molecule has 5 heteroatoms. The topological polar surface area (TPSA) is 46.2 Å². The highest BCUT2D eigenvalue weighted by molar-refractivity contribution is 9.10. The van der Waals surface area contributed by atoms with Gasteiger partial charge in [-0.1, -0.05) is 0 Å². The molecule has 0 bridgehead atoms. The molecule has 0 spiro atoms. The van der Waals surface area contributed by atoms with Crippen molar-refractivity contribution < 1.29 is 5.11 Å². The molecule has 64 valence electrons. The maximum Gasteiger partial charge on any atom is 0.100 e. The number of aliphatic hydroxyl groups is 1. The Kier molecular flexibility index (Phi) is 5.29. The van der Waals surface area contributed by atoms with E-state index >= 15 is 0 Å². The quantitative estimate of drug-likeness (QED) is 0.851. The first-order valence-corrected chi connectivity index (χ1v) is 4.53. The Morgan fingerprint density at radius 2 is 2.36 bits per heavy atom. The van der Waals surface area contributed by atoms with Gasteiger partial charge in [-0.05, 0) is 22.0 Å². The Balaban J connectivity index is 0.000001000. The van der Waals surface area contributed by atoms with Crippen molar-refractivity contribution in [3.63, 3.8) is 0 Å². The van der Waals surface area contributed by atoms with Crippen LogP contribution in [0.15, 0.2) is 15.9 Å². The fraction of sp³-hybridized carbons (Fsp3) is 0.333. The van der Waals surface area contributed by atoms with Crippen LogP contribution in [0.5, 0.6) is 0 Å². The summed E-state index contributed by atoms with van der Waals surface area (Å²) in [6.07, 6.45) is -0.503. The lowest BCUT2D eigenvalue weighted by Gasteiger charge is -2.01. The van der Waals surface area contributed by atoms with Crippen LogP contribution in [-0.4, -0.2) is 11.7 Å². The predicted octanol–water partition coefficient (Wildman–Crippen LogP) is 1.92. The Labute approximate surface area is 84.0 Å². The molecule has 0 saturated heterocycles. The van der Waals surface area contributed by atoms with Crippen molar-refractivity contribution in [2.45, 2.75) is 6.10 Å². The molecule has 2 nitrogen and oxygen atoms in total. The van der Waals surface area contributed by atoms with Gasteiger partial charge in [0.05, 0.1) is 0 Å². The van der Waals surface area contributed by atoms with Crippen LogP contribution >= 0.6 is 39.7 Å². The third-order valence-electron chi connectivity index (χ3n) is 1.14. The van der Waals surface area contributed by atoms with Gasteiger partial charge in [0.2, 0.25) is 0 Å². The summed E-state index contributed by atoms with van der Waals surface area (Å²) in [5, 5.41) is 11.1. The summed E-state index contributed by atoms with van der Waals surface area (Å²) in [6.45, 7) is 0.285. The Bertz CT molecular complexity index is 218. The molecule has 11 heavy (non-hydrogen) atoms. The van der Waals surface area contributed by atoms with Gasteiger partial charge in [0.15, 0.2) is 0 Å². The van der Waals surface area contributed by atoms with Gasteiger partial charge in [0, 0.05) is 21.3 Å². The van der Waals surface area contributed by atoms with Crippen molar-refractivity contribution in [2.24, 2.45) is 5.73 Å². The van der Waals surface area contributed by atoms with Gasteiger partial charge >= 0.3 is 0 Å². The second-order valence-corrected chi connectivity index (χ2v) is 3.78. The fourth-order valence-corrected chi connectivity index (χ4v) is 2.06. The van der Waals surface area contributed by atoms with Gasteiger partial charge in [-0.25, -0.2) is 0 Å². The van der Waals surface area contributed by atoms with E-state index in [0.29, 0.717) is 0 Å². The summed E-state index contributed by atoms with van der Waals surface area (Å²) in [5.41, 5.74) is 5.25. The van der Waals surface area contributed by atoms with Crippen molar-refractivity contribution >= 4 is 39.7 Å². The second kappa shape index (κ2) is 5.11. The zero-order valence-corrected chi connectivity index (χ0v) is 8.88. The second-order valence-electron chi connectivity index (χ2n) is 1.92. The SMILES string of the molecule is Cl.NCC(O)c1cc(Br)cs1. The molecule has 1 unspecified atom stereocenters. The molecule has 1 aromatic heterocycles. The van der Waals surface area contributed by atoms with E-state index in [-0.39, 0.29) is 19.0 Å². The smallest absolute Gasteiger partial charge is 0.100 e. The van der Waals surface area contributed by atoms with Crippen LogP contribution in [0, 0.1) is 0 Å². The monoisotopic (exact) mass is 257 g/mol. The highest BCUT2D eigenvalue weighted by Gasteiger charge is 2.06.